The van der Waals surface area contributed by atoms with Gasteiger partial charge in [0.15, 0.2) is 11.5 Å². The molecular formula is C26H23F2N3O4. The molecule has 4 rings (SSSR count). The van der Waals surface area contributed by atoms with Crippen molar-refractivity contribution in [2.24, 2.45) is 0 Å². The van der Waals surface area contributed by atoms with Crippen molar-refractivity contribution in [3.63, 3.8) is 0 Å². The summed E-state index contributed by atoms with van der Waals surface area (Å²) in [6, 6.07) is 14.0. The van der Waals surface area contributed by atoms with E-state index < -0.39 is 17.9 Å². The molecular weight excluding hydrogens is 456 g/mol. The number of nitrogens with zero attached hydrogens (tertiary/aromatic N) is 1. The molecule has 2 amide bonds. The molecule has 0 radical (unpaired) electrons. The number of benzene rings is 3. The Hall–Kier alpha value is -4.40. The predicted octanol–water partition coefficient (Wildman–Crippen LogP) is 6.21. The maximum Gasteiger partial charge on any atom is 0.319 e. The summed E-state index contributed by atoms with van der Waals surface area (Å²) in [7, 11) is 3.06. The number of halogens is 2. The highest BCUT2D eigenvalue weighted by molar-refractivity contribution is 5.90. The quantitative estimate of drug-likeness (QED) is 0.330. The van der Waals surface area contributed by atoms with Crippen molar-refractivity contribution >= 4 is 22.6 Å². The number of nitrogens with one attached hydrogen (secondary N) is 2. The first-order valence-corrected chi connectivity index (χ1v) is 10.7. The number of fused-ring (bicyclic) bond motifs is 1. The van der Waals surface area contributed by atoms with Crippen molar-refractivity contribution in [1.82, 2.24) is 10.3 Å². The summed E-state index contributed by atoms with van der Waals surface area (Å²) in [5.74, 6) is 0.665. The molecule has 0 bridgehead atoms. The summed E-state index contributed by atoms with van der Waals surface area (Å²) < 4.78 is 44.4. The van der Waals surface area contributed by atoms with Gasteiger partial charge in [0, 0.05) is 23.7 Å². The third-order valence-electron chi connectivity index (χ3n) is 5.34. The molecule has 1 heterocycles. The first-order valence-electron chi connectivity index (χ1n) is 10.7. The zero-order valence-electron chi connectivity index (χ0n) is 19.3. The van der Waals surface area contributed by atoms with Gasteiger partial charge in [-0.15, -0.1) is 0 Å². The van der Waals surface area contributed by atoms with Gasteiger partial charge >= 0.3 is 6.03 Å². The Morgan fingerprint density at radius 1 is 0.914 bits per heavy atom. The summed E-state index contributed by atoms with van der Waals surface area (Å²) in [6.07, 6.45) is 1.57. The fourth-order valence-electron chi connectivity index (χ4n) is 3.51. The molecule has 0 aliphatic carbocycles. The topological polar surface area (TPSA) is 81.7 Å². The lowest BCUT2D eigenvalue weighted by atomic mass is 10.1. The lowest BCUT2D eigenvalue weighted by molar-refractivity contribution is 0.249. The van der Waals surface area contributed by atoms with Crippen LogP contribution in [0.5, 0.6) is 23.0 Å². The van der Waals surface area contributed by atoms with Crippen LogP contribution in [0, 0.1) is 11.6 Å². The Morgan fingerprint density at radius 2 is 1.63 bits per heavy atom. The number of carbonyl (C=O) groups excluding carboxylic acids is 1. The van der Waals surface area contributed by atoms with Gasteiger partial charge in [-0.2, -0.15) is 0 Å². The van der Waals surface area contributed by atoms with Crippen LogP contribution in [0.2, 0.25) is 0 Å². The Bertz CT molecular complexity index is 1360. The fourth-order valence-corrected chi connectivity index (χ4v) is 3.51. The molecule has 180 valence electrons. The van der Waals surface area contributed by atoms with Crippen LogP contribution in [0.15, 0.2) is 66.9 Å². The van der Waals surface area contributed by atoms with E-state index in [0.717, 1.165) is 0 Å². The molecule has 0 saturated heterocycles. The molecule has 3 aromatic carbocycles. The first kappa shape index (κ1) is 23.7. The third-order valence-corrected chi connectivity index (χ3v) is 5.34. The van der Waals surface area contributed by atoms with E-state index in [1.54, 1.807) is 43.5 Å². The van der Waals surface area contributed by atoms with Crippen LogP contribution in [-0.2, 0) is 0 Å². The SMILES string of the molecule is COc1cc2nccc(Oc3ccc(NC(=O)NC(C)c4ccc(F)cc4)c(F)c3)c2cc1OC. The van der Waals surface area contributed by atoms with Gasteiger partial charge in [-0.25, -0.2) is 13.6 Å². The number of hydrogen-bond donors (Lipinski definition) is 2. The van der Waals surface area contributed by atoms with Gasteiger partial charge < -0.3 is 24.8 Å². The van der Waals surface area contributed by atoms with Crippen molar-refractivity contribution in [1.29, 1.82) is 0 Å². The van der Waals surface area contributed by atoms with Gasteiger partial charge in [0.05, 0.1) is 31.5 Å². The minimum atomic E-state index is -0.676. The largest absolute Gasteiger partial charge is 0.493 e. The second-order valence-corrected chi connectivity index (χ2v) is 7.65. The molecule has 1 aromatic heterocycles. The lowest BCUT2D eigenvalue weighted by Gasteiger charge is -2.16. The van der Waals surface area contributed by atoms with Crippen LogP contribution in [0.1, 0.15) is 18.5 Å². The number of aromatic nitrogens is 1. The maximum atomic E-state index is 14.7. The van der Waals surface area contributed by atoms with Crippen LogP contribution in [0.4, 0.5) is 19.3 Å². The number of rotatable bonds is 7. The van der Waals surface area contributed by atoms with Crippen molar-refractivity contribution in [2.45, 2.75) is 13.0 Å². The zero-order valence-corrected chi connectivity index (χ0v) is 19.3. The number of carbonyl (C=O) groups is 1. The first-order chi connectivity index (χ1) is 16.9. The standard InChI is InChI=1S/C26H23F2N3O4/c1-15(16-4-6-17(27)7-5-16)30-26(32)31-21-9-8-18(12-20(21)28)35-23-10-11-29-22-14-25(34-3)24(33-2)13-19(22)23/h4-15H,1-3H3,(H2,30,31,32). The van der Waals surface area contributed by atoms with Crippen molar-refractivity contribution in [3.8, 4) is 23.0 Å². The van der Waals surface area contributed by atoms with E-state index in [1.165, 1.54) is 44.6 Å². The van der Waals surface area contributed by atoms with Crippen LogP contribution < -0.4 is 24.8 Å². The highest BCUT2D eigenvalue weighted by Crippen LogP contribution is 2.37. The zero-order chi connectivity index (χ0) is 24.9. The minimum Gasteiger partial charge on any atom is -0.493 e. The number of hydrogen-bond acceptors (Lipinski definition) is 5. The van der Waals surface area contributed by atoms with Gasteiger partial charge in [-0.1, -0.05) is 12.1 Å². The van der Waals surface area contributed by atoms with E-state index in [4.69, 9.17) is 14.2 Å². The van der Waals surface area contributed by atoms with Crippen LogP contribution in [0.25, 0.3) is 10.9 Å². The van der Waals surface area contributed by atoms with E-state index in [0.29, 0.717) is 33.7 Å². The second-order valence-electron chi connectivity index (χ2n) is 7.65. The van der Waals surface area contributed by atoms with E-state index in [2.05, 4.69) is 15.6 Å². The lowest BCUT2D eigenvalue weighted by Crippen LogP contribution is -2.31. The monoisotopic (exact) mass is 479 g/mol. The molecule has 0 aliphatic rings. The summed E-state index contributed by atoms with van der Waals surface area (Å²) >= 11 is 0. The fraction of sp³-hybridized carbons (Fsp3) is 0.154. The average molecular weight is 479 g/mol. The molecule has 0 saturated carbocycles. The third kappa shape index (κ3) is 5.40. The van der Waals surface area contributed by atoms with Crippen LogP contribution >= 0.6 is 0 Å². The average Bonchev–Trinajstić information content (AvgIpc) is 2.85. The minimum absolute atomic E-state index is 0.0212. The van der Waals surface area contributed by atoms with E-state index >= 15 is 0 Å². The maximum absolute atomic E-state index is 14.7. The number of methoxy groups -OCH3 is 2. The molecule has 4 aromatic rings. The van der Waals surface area contributed by atoms with Crippen molar-refractivity contribution < 1.29 is 27.8 Å². The molecule has 9 heteroatoms. The van der Waals surface area contributed by atoms with Gasteiger partial charge in [0.1, 0.15) is 23.1 Å². The molecule has 0 fully saturated rings. The van der Waals surface area contributed by atoms with Gasteiger partial charge in [-0.3, -0.25) is 4.98 Å². The Kier molecular flexibility index (Phi) is 6.96. The number of amides is 2. The van der Waals surface area contributed by atoms with Crippen molar-refractivity contribution in [3.05, 3.63) is 84.1 Å². The molecule has 1 unspecified atom stereocenters. The molecule has 0 aliphatic heterocycles. The number of pyridine rings is 1. The van der Waals surface area contributed by atoms with E-state index in [1.807, 2.05) is 0 Å². The predicted molar refractivity (Wildman–Crippen MR) is 128 cm³/mol. The van der Waals surface area contributed by atoms with Crippen molar-refractivity contribution in [2.75, 3.05) is 19.5 Å². The van der Waals surface area contributed by atoms with Crippen LogP contribution in [-0.4, -0.2) is 25.2 Å². The normalized spacial score (nSPS) is 11.6. The van der Waals surface area contributed by atoms with Crippen LogP contribution in [0.3, 0.4) is 0 Å². The number of urea groups is 1. The molecule has 2 N–H and O–H groups in total. The number of anilines is 1. The van der Waals surface area contributed by atoms with Gasteiger partial charge in [0.2, 0.25) is 0 Å². The Morgan fingerprint density at radius 3 is 2.31 bits per heavy atom. The molecule has 35 heavy (non-hydrogen) atoms. The molecule has 1 atom stereocenters. The number of ether oxygens (including phenoxy) is 3. The highest BCUT2D eigenvalue weighted by atomic mass is 19.1. The van der Waals surface area contributed by atoms with Gasteiger partial charge in [-0.05, 0) is 48.9 Å². The molecule has 0 spiro atoms. The Balaban J connectivity index is 1.48. The highest BCUT2D eigenvalue weighted by Gasteiger charge is 2.14. The van der Waals surface area contributed by atoms with E-state index in [-0.39, 0.29) is 17.3 Å². The Labute approximate surface area is 200 Å². The van der Waals surface area contributed by atoms with E-state index in [9.17, 15) is 13.6 Å². The second kappa shape index (κ2) is 10.3. The van der Waals surface area contributed by atoms with Gasteiger partial charge in [0.25, 0.3) is 0 Å². The summed E-state index contributed by atoms with van der Waals surface area (Å²) in [4.78, 5) is 16.6. The summed E-state index contributed by atoms with van der Waals surface area (Å²) in [5.41, 5.74) is 1.31. The smallest absolute Gasteiger partial charge is 0.319 e. The summed E-state index contributed by atoms with van der Waals surface area (Å²) in [5, 5.41) is 5.82. The molecule has 7 nitrogen and oxygen atoms in total. The summed E-state index contributed by atoms with van der Waals surface area (Å²) in [6.45, 7) is 1.74.